The zero-order chi connectivity index (χ0) is 11.3. The summed E-state index contributed by atoms with van der Waals surface area (Å²) < 4.78 is 5.09. The second-order valence-electron chi connectivity index (χ2n) is 3.71. The first kappa shape index (κ1) is 11.9. The van der Waals surface area contributed by atoms with Crippen molar-refractivity contribution < 1.29 is 9.84 Å². The molecular formula is C12H19NO2. The number of nitrogens with two attached hydrogens (primary N) is 1. The number of hydrogen-bond donors (Lipinski definition) is 2. The van der Waals surface area contributed by atoms with Crippen LogP contribution in [0.25, 0.3) is 0 Å². The molecule has 0 atom stereocenters. The fourth-order valence-corrected chi connectivity index (χ4v) is 1.71. The first-order valence-corrected chi connectivity index (χ1v) is 5.25. The first-order chi connectivity index (χ1) is 7.19. The molecule has 84 valence electrons. The van der Waals surface area contributed by atoms with Gasteiger partial charge in [0.2, 0.25) is 0 Å². The van der Waals surface area contributed by atoms with Gasteiger partial charge >= 0.3 is 0 Å². The van der Waals surface area contributed by atoms with E-state index in [1.165, 1.54) is 0 Å². The number of phenolic OH excluding ortho intramolecular Hbond substituents is 1. The molecule has 0 aliphatic heterocycles. The molecule has 0 amide bonds. The Morgan fingerprint density at radius 1 is 1.33 bits per heavy atom. The summed E-state index contributed by atoms with van der Waals surface area (Å²) in [4.78, 5) is 0. The van der Waals surface area contributed by atoms with Gasteiger partial charge in [-0.3, -0.25) is 0 Å². The summed E-state index contributed by atoms with van der Waals surface area (Å²) in [5.41, 5.74) is 7.54. The average Bonchev–Trinajstić information content (AvgIpc) is 2.18. The highest BCUT2D eigenvalue weighted by molar-refractivity contribution is 5.47. The molecule has 0 heterocycles. The SMILES string of the molecule is COc1c(C)cc(CCCCN)cc1O. The minimum absolute atomic E-state index is 0.222. The second-order valence-corrected chi connectivity index (χ2v) is 3.71. The van der Waals surface area contributed by atoms with E-state index >= 15 is 0 Å². The van der Waals surface area contributed by atoms with Crippen molar-refractivity contribution in [2.75, 3.05) is 13.7 Å². The van der Waals surface area contributed by atoms with Crippen LogP contribution in [0.1, 0.15) is 24.0 Å². The summed E-state index contributed by atoms with van der Waals surface area (Å²) in [6.07, 6.45) is 3.03. The molecule has 15 heavy (non-hydrogen) atoms. The predicted octanol–water partition coefficient (Wildman–Crippen LogP) is 1.99. The number of methoxy groups -OCH3 is 1. The van der Waals surface area contributed by atoms with Crippen LogP contribution in [0.3, 0.4) is 0 Å². The fraction of sp³-hybridized carbons (Fsp3) is 0.500. The molecule has 1 rings (SSSR count). The largest absolute Gasteiger partial charge is 0.504 e. The van der Waals surface area contributed by atoms with Crippen LogP contribution in [0.15, 0.2) is 12.1 Å². The lowest BCUT2D eigenvalue weighted by atomic mass is 10.0. The molecule has 0 aliphatic rings. The number of phenols is 1. The third-order valence-electron chi connectivity index (χ3n) is 2.44. The minimum Gasteiger partial charge on any atom is -0.504 e. The summed E-state index contributed by atoms with van der Waals surface area (Å²) in [5.74, 6) is 0.790. The van der Waals surface area contributed by atoms with Gasteiger partial charge in [-0.15, -0.1) is 0 Å². The molecule has 0 fully saturated rings. The van der Waals surface area contributed by atoms with Crippen molar-refractivity contribution in [1.29, 1.82) is 0 Å². The highest BCUT2D eigenvalue weighted by Gasteiger charge is 2.06. The fourth-order valence-electron chi connectivity index (χ4n) is 1.71. The molecule has 1 aromatic carbocycles. The van der Waals surface area contributed by atoms with Crippen molar-refractivity contribution in [3.63, 3.8) is 0 Å². The number of aromatic hydroxyl groups is 1. The second kappa shape index (κ2) is 5.61. The molecule has 0 aromatic heterocycles. The van der Waals surface area contributed by atoms with Crippen LogP contribution >= 0.6 is 0 Å². The first-order valence-electron chi connectivity index (χ1n) is 5.25. The monoisotopic (exact) mass is 209 g/mol. The van der Waals surface area contributed by atoms with E-state index in [1.54, 1.807) is 13.2 Å². The van der Waals surface area contributed by atoms with Crippen molar-refractivity contribution in [3.05, 3.63) is 23.3 Å². The number of benzene rings is 1. The van der Waals surface area contributed by atoms with Crippen LogP contribution < -0.4 is 10.5 Å². The number of ether oxygens (including phenoxy) is 1. The minimum atomic E-state index is 0.222. The number of aryl methyl sites for hydroxylation is 2. The Kier molecular flexibility index (Phi) is 4.43. The molecule has 3 nitrogen and oxygen atoms in total. The maximum Gasteiger partial charge on any atom is 0.163 e. The summed E-state index contributed by atoms with van der Waals surface area (Å²) in [6, 6.07) is 3.82. The van der Waals surface area contributed by atoms with Gasteiger partial charge < -0.3 is 15.6 Å². The van der Waals surface area contributed by atoms with E-state index < -0.39 is 0 Å². The van der Waals surface area contributed by atoms with Crippen molar-refractivity contribution >= 4 is 0 Å². The zero-order valence-electron chi connectivity index (χ0n) is 9.42. The third kappa shape index (κ3) is 3.13. The van der Waals surface area contributed by atoms with Gasteiger partial charge in [0.15, 0.2) is 11.5 Å². The average molecular weight is 209 g/mol. The Hall–Kier alpha value is -1.22. The number of unbranched alkanes of at least 4 members (excludes halogenated alkanes) is 1. The molecule has 0 saturated carbocycles. The van der Waals surface area contributed by atoms with Crippen LogP contribution in [-0.4, -0.2) is 18.8 Å². The van der Waals surface area contributed by atoms with E-state index in [1.807, 2.05) is 6.92 Å². The Labute approximate surface area is 90.9 Å². The molecule has 0 unspecified atom stereocenters. The van der Waals surface area contributed by atoms with Gasteiger partial charge in [-0.2, -0.15) is 0 Å². The van der Waals surface area contributed by atoms with Crippen LogP contribution in [0.5, 0.6) is 11.5 Å². The Balaban J connectivity index is 2.75. The standard InChI is InChI=1S/C12H19NO2/c1-9-7-10(5-3-4-6-13)8-11(14)12(9)15-2/h7-8,14H,3-6,13H2,1-2H3. The van der Waals surface area contributed by atoms with Gasteiger partial charge in [-0.05, 0) is 49.9 Å². The van der Waals surface area contributed by atoms with E-state index in [0.717, 1.165) is 36.9 Å². The third-order valence-corrected chi connectivity index (χ3v) is 2.44. The quantitative estimate of drug-likeness (QED) is 0.729. The lowest BCUT2D eigenvalue weighted by molar-refractivity contribution is 0.370. The smallest absolute Gasteiger partial charge is 0.163 e. The van der Waals surface area contributed by atoms with Crippen LogP contribution in [-0.2, 0) is 6.42 Å². The van der Waals surface area contributed by atoms with E-state index in [9.17, 15) is 5.11 Å². The van der Waals surface area contributed by atoms with Gasteiger partial charge in [-0.25, -0.2) is 0 Å². The lowest BCUT2D eigenvalue weighted by Crippen LogP contribution is -1.99. The molecule has 1 aromatic rings. The summed E-state index contributed by atoms with van der Waals surface area (Å²) >= 11 is 0. The van der Waals surface area contributed by atoms with E-state index in [0.29, 0.717) is 5.75 Å². The van der Waals surface area contributed by atoms with Crippen LogP contribution in [0, 0.1) is 6.92 Å². The van der Waals surface area contributed by atoms with Gasteiger partial charge in [0.05, 0.1) is 7.11 Å². The van der Waals surface area contributed by atoms with E-state index in [-0.39, 0.29) is 5.75 Å². The Morgan fingerprint density at radius 2 is 2.07 bits per heavy atom. The topological polar surface area (TPSA) is 55.5 Å². The summed E-state index contributed by atoms with van der Waals surface area (Å²) in [5, 5.41) is 9.68. The normalized spacial score (nSPS) is 10.3. The van der Waals surface area contributed by atoms with Crippen molar-refractivity contribution in [2.24, 2.45) is 5.73 Å². The number of rotatable bonds is 5. The van der Waals surface area contributed by atoms with Crippen molar-refractivity contribution in [2.45, 2.75) is 26.2 Å². The summed E-state index contributed by atoms with van der Waals surface area (Å²) in [6.45, 7) is 2.66. The van der Waals surface area contributed by atoms with Crippen LogP contribution in [0.4, 0.5) is 0 Å². The van der Waals surface area contributed by atoms with Gasteiger partial charge in [0.25, 0.3) is 0 Å². The van der Waals surface area contributed by atoms with E-state index in [4.69, 9.17) is 10.5 Å². The molecule has 0 bridgehead atoms. The number of hydrogen-bond acceptors (Lipinski definition) is 3. The predicted molar refractivity (Wildman–Crippen MR) is 61.4 cm³/mol. The molecule has 3 heteroatoms. The van der Waals surface area contributed by atoms with E-state index in [2.05, 4.69) is 6.07 Å². The zero-order valence-corrected chi connectivity index (χ0v) is 9.42. The molecule has 0 saturated heterocycles. The molecule has 0 radical (unpaired) electrons. The molecule has 0 aliphatic carbocycles. The summed E-state index contributed by atoms with van der Waals surface area (Å²) in [7, 11) is 1.57. The van der Waals surface area contributed by atoms with Crippen LogP contribution in [0.2, 0.25) is 0 Å². The van der Waals surface area contributed by atoms with Crippen molar-refractivity contribution in [1.82, 2.24) is 0 Å². The highest BCUT2D eigenvalue weighted by Crippen LogP contribution is 2.31. The van der Waals surface area contributed by atoms with Gasteiger partial charge in [0, 0.05) is 0 Å². The van der Waals surface area contributed by atoms with Crippen molar-refractivity contribution in [3.8, 4) is 11.5 Å². The van der Waals surface area contributed by atoms with Gasteiger partial charge in [0.1, 0.15) is 0 Å². The Bertz CT molecular complexity index is 300. The van der Waals surface area contributed by atoms with Gasteiger partial charge in [-0.1, -0.05) is 6.07 Å². The Morgan fingerprint density at radius 3 is 2.60 bits per heavy atom. The molecular weight excluding hydrogens is 190 g/mol. The highest BCUT2D eigenvalue weighted by atomic mass is 16.5. The maximum absolute atomic E-state index is 9.68. The molecule has 3 N–H and O–H groups in total. The lowest BCUT2D eigenvalue weighted by Gasteiger charge is -2.09. The molecule has 0 spiro atoms. The maximum atomic E-state index is 9.68.